The summed E-state index contributed by atoms with van der Waals surface area (Å²) in [5, 5.41) is 9.00. The van der Waals surface area contributed by atoms with Gasteiger partial charge >= 0.3 is 0 Å². The molecule has 0 fully saturated rings. The summed E-state index contributed by atoms with van der Waals surface area (Å²) in [6.07, 6.45) is 0. The van der Waals surface area contributed by atoms with E-state index >= 15 is 0 Å². The average Bonchev–Trinajstić information content (AvgIpc) is 0.918. The molecule has 0 aliphatic rings. The molecular formula is BNO2-. The summed E-state index contributed by atoms with van der Waals surface area (Å²) in [6.45, 7) is 0. The zero-order valence-electron chi connectivity index (χ0n) is 1.84. The number of rotatable bonds is 0. The van der Waals surface area contributed by atoms with Crippen LogP contribution in [0.2, 0.25) is 0 Å². The van der Waals surface area contributed by atoms with Gasteiger partial charge in [0.15, 0.2) is 0 Å². The van der Waals surface area contributed by atoms with Crippen molar-refractivity contribution in [3.05, 3.63) is 10.1 Å². The third kappa shape index (κ3) is 1.11. The largest absolute Gasteiger partial charge is 0.444 e. The normalized spacial score (nSPS) is 3.00. The van der Waals surface area contributed by atoms with Crippen LogP contribution in [0.4, 0.5) is 0 Å². The van der Waals surface area contributed by atoms with E-state index in [1.807, 2.05) is 0 Å². The van der Waals surface area contributed by atoms with Crippen molar-refractivity contribution >= 4 is 8.41 Å². The minimum atomic E-state index is 0. The number of nitrogens with zero attached hydrogens (tertiary/aromatic N) is 1. The molecule has 0 bridgehead atoms. The van der Waals surface area contributed by atoms with Gasteiger partial charge in [-0.05, 0) is 0 Å². The van der Waals surface area contributed by atoms with E-state index in [0.717, 1.165) is 5.34 Å². The van der Waals surface area contributed by atoms with Gasteiger partial charge in [0.05, 0.1) is 0 Å². The fraction of sp³-hybridized carbons (Fsp3) is 0. The van der Waals surface area contributed by atoms with Gasteiger partial charge in [0.1, 0.15) is 0 Å². The first-order chi connectivity index (χ1) is 1.41. The van der Waals surface area contributed by atoms with E-state index in [4.69, 9.17) is 10.1 Å². The maximum absolute atomic E-state index is 8.00. The average molecular weight is 56.8 g/mol. The Labute approximate surface area is 25.1 Å². The molecule has 0 rings (SSSR count). The first-order valence-electron chi connectivity index (χ1n) is 0.365. The Kier molecular flexibility index (Phi) is 60.0. The number of hydrogen-bond acceptors (Lipinski definition) is 3. The predicted octanol–water partition coefficient (Wildman–Crippen LogP) is -0.130. The van der Waals surface area contributed by atoms with Gasteiger partial charge in [0.2, 0.25) is 0 Å². The highest BCUT2D eigenvalue weighted by Gasteiger charge is 0.958. The quantitative estimate of drug-likeness (QED) is 0.221. The molecule has 0 aliphatic carbocycles. The van der Waals surface area contributed by atoms with Crippen LogP contribution in [-0.4, -0.2) is 8.41 Å². The molecule has 4 heteroatoms. The maximum Gasteiger partial charge on any atom is 0 e. The van der Waals surface area contributed by atoms with Gasteiger partial charge in [-0.3, -0.25) is 0 Å². The summed E-state index contributed by atoms with van der Waals surface area (Å²) in [7, 11) is 0. The van der Waals surface area contributed by atoms with Crippen molar-refractivity contribution in [2.45, 2.75) is 0 Å². The zero-order valence-corrected chi connectivity index (χ0v) is 1.84. The van der Waals surface area contributed by atoms with Crippen LogP contribution in [0, 0.1) is 10.1 Å². The summed E-state index contributed by atoms with van der Waals surface area (Å²) < 4.78 is 0. The lowest BCUT2D eigenvalue weighted by Gasteiger charge is -1.51. The summed E-state index contributed by atoms with van der Waals surface area (Å²) in [6, 6.07) is 0. The van der Waals surface area contributed by atoms with E-state index in [1.165, 1.54) is 0 Å². The van der Waals surface area contributed by atoms with E-state index in [1.54, 1.807) is 0 Å². The van der Waals surface area contributed by atoms with Crippen molar-refractivity contribution < 1.29 is 0 Å². The third-order valence-corrected chi connectivity index (χ3v) is 0. The second-order valence-electron chi connectivity index (χ2n) is 0.0745. The van der Waals surface area contributed by atoms with Crippen LogP contribution in [0.5, 0.6) is 0 Å². The molecule has 0 N–H and O–H groups in total. The molecule has 0 aromatic rings. The second-order valence-corrected chi connectivity index (χ2v) is 0.0745. The molecule has 0 saturated heterocycles. The molecule has 0 aromatic heterocycles. The zero-order chi connectivity index (χ0) is 2.71. The van der Waals surface area contributed by atoms with Crippen LogP contribution < -0.4 is 0 Å². The Morgan fingerprint density at radius 2 is 1.75 bits per heavy atom. The lowest BCUT2D eigenvalue weighted by atomic mass is 10.8. The monoisotopic (exact) mass is 57.0 g/mol. The van der Waals surface area contributed by atoms with Crippen LogP contribution >= 0.6 is 0 Å². The summed E-state index contributed by atoms with van der Waals surface area (Å²) in [5.41, 5.74) is 0. The van der Waals surface area contributed by atoms with Crippen molar-refractivity contribution in [2.75, 3.05) is 0 Å². The molecule has 0 unspecified atom stereocenters. The van der Waals surface area contributed by atoms with Crippen molar-refractivity contribution in [3.63, 3.8) is 0 Å². The first-order valence-corrected chi connectivity index (χ1v) is 0.365. The van der Waals surface area contributed by atoms with Crippen LogP contribution in [-0.2, 0) is 0 Å². The van der Waals surface area contributed by atoms with E-state index < -0.39 is 0 Å². The Balaban J connectivity index is 0. The van der Waals surface area contributed by atoms with Crippen molar-refractivity contribution in [2.24, 2.45) is 5.34 Å². The van der Waals surface area contributed by atoms with Crippen molar-refractivity contribution in [1.29, 1.82) is 0 Å². The SMILES string of the molecule is O=N[O-].[B]. The van der Waals surface area contributed by atoms with E-state index in [2.05, 4.69) is 0 Å². The van der Waals surface area contributed by atoms with Crippen LogP contribution in [0.3, 0.4) is 0 Å². The second kappa shape index (κ2) is 24.5. The van der Waals surface area contributed by atoms with E-state index in [9.17, 15) is 0 Å². The number of hydrogen-bond donors (Lipinski definition) is 0. The minimum Gasteiger partial charge on any atom is -0.444 e. The van der Waals surface area contributed by atoms with Gasteiger partial charge in [-0.15, -0.1) is 5.34 Å². The van der Waals surface area contributed by atoms with Gasteiger partial charge in [-0.25, -0.2) is 0 Å². The van der Waals surface area contributed by atoms with Crippen molar-refractivity contribution in [3.8, 4) is 0 Å². The molecule has 0 heterocycles. The van der Waals surface area contributed by atoms with Crippen LogP contribution in [0.1, 0.15) is 0 Å². The molecule has 21 valence electrons. The third-order valence-electron chi connectivity index (χ3n) is 0. The molecule has 0 aromatic carbocycles. The molecule has 0 saturated carbocycles. The predicted molar refractivity (Wildman–Crippen MR) is 14.9 cm³/mol. The summed E-state index contributed by atoms with van der Waals surface area (Å²) >= 11 is 0. The topological polar surface area (TPSA) is 52.5 Å². The fourth-order valence-corrected chi connectivity index (χ4v) is 0. The molecule has 0 amide bonds. The first kappa shape index (κ1) is 9.81. The highest BCUT2D eigenvalue weighted by atomic mass is 16.6. The van der Waals surface area contributed by atoms with Gasteiger partial charge < -0.3 is 10.1 Å². The molecule has 3 nitrogen and oxygen atoms in total. The standard InChI is InChI=1S/B.HNO2/c;2-1-3/h;(H,2,3)/p-1. The van der Waals surface area contributed by atoms with Gasteiger partial charge in [0, 0.05) is 8.41 Å². The lowest BCUT2D eigenvalue weighted by molar-refractivity contribution is 1.59. The molecule has 0 atom stereocenters. The Bertz CT molecular complexity index is 13.5. The van der Waals surface area contributed by atoms with Gasteiger partial charge in [0.25, 0.3) is 0 Å². The summed E-state index contributed by atoms with van der Waals surface area (Å²) in [4.78, 5) is 8.00. The maximum atomic E-state index is 8.00. The Hall–Kier alpha value is -0.535. The van der Waals surface area contributed by atoms with Gasteiger partial charge in [-0.2, -0.15) is 0 Å². The van der Waals surface area contributed by atoms with Gasteiger partial charge in [-0.1, -0.05) is 0 Å². The highest BCUT2D eigenvalue weighted by molar-refractivity contribution is 5.75. The fourth-order valence-electron chi connectivity index (χ4n) is 0. The summed E-state index contributed by atoms with van der Waals surface area (Å²) in [5.74, 6) is 0. The Morgan fingerprint density at radius 1 is 1.75 bits per heavy atom. The molecule has 4 heavy (non-hydrogen) atoms. The lowest BCUT2D eigenvalue weighted by Crippen LogP contribution is -1.12. The molecular weight excluding hydrogens is 56.8 g/mol. The van der Waals surface area contributed by atoms with E-state index in [0.29, 0.717) is 0 Å². The van der Waals surface area contributed by atoms with E-state index in [-0.39, 0.29) is 8.41 Å². The van der Waals surface area contributed by atoms with Crippen molar-refractivity contribution in [1.82, 2.24) is 0 Å². The molecule has 3 radical (unpaired) electrons. The minimum absolute atomic E-state index is 0. The molecule has 0 aliphatic heterocycles. The smallest absolute Gasteiger partial charge is 0 e. The van der Waals surface area contributed by atoms with Crippen LogP contribution in [0.25, 0.3) is 0 Å². The molecule has 0 spiro atoms. The highest BCUT2D eigenvalue weighted by Crippen LogP contribution is 1.34. The van der Waals surface area contributed by atoms with Crippen LogP contribution in [0.15, 0.2) is 5.34 Å². The Morgan fingerprint density at radius 3 is 1.75 bits per heavy atom.